The van der Waals surface area contributed by atoms with E-state index in [2.05, 4.69) is 20.9 Å². The van der Waals surface area contributed by atoms with E-state index in [0.29, 0.717) is 32.1 Å². The average molecular weight is 710 g/mol. The Bertz CT molecular complexity index is 1720. The number of piperidine rings is 1. The molecule has 2 heterocycles. The minimum absolute atomic E-state index is 0.0422. The van der Waals surface area contributed by atoms with Gasteiger partial charge in [0, 0.05) is 19.0 Å². The molecule has 3 aromatic carbocycles. The van der Waals surface area contributed by atoms with Gasteiger partial charge in [-0.05, 0) is 61.1 Å². The normalized spacial score (nSPS) is 20.5. The van der Waals surface area contributed by atoms with Gasteiger partial charge in [-0.3, -0.25) is 24.2 Å². The molecule has 0 spiro atoms. The lowest BCUT2D eigenvalue weighted by Crippen LogP contribution is -2.61. The van der Waals surface area contributed by atoms with Gasteiger partial charge in [0.25, 0.3) is 0 Å². The van der Waals surface area contributed by atoms with E-state index >= 15 is 0 Å². The largest absolute Gasteiger partial charge is 0.480 e. The zero-order valence-electron chi connectivity index (χ0n) is 29.0. The summed E-state index contributed by atoms with van der Waals surface area (Å²) in [7, 11) is 0. The second-order valence-corrected chi connectivity index (χ2v) is 13.5. The first-order valence-electron chi connectivity index (χ1n) is 17.7. The monoisotopic (exact) mass is 709 g/mol. The number of aliphatic carboxylic acids is 1. The molecule has 52 heavy (non-hydrogen) atoms. The van der Waals surface area contributed by atoms with E-state index in [-0.39, 0.29) is 55.5 Å². The summed E-state index contributed by atoms with van der Waals surface area (Å²) in [4.78, 5) is 72.8. The maximum atomic E-state index is 14.2. The van der Waals surface area contributed by atoms with Gasteiger partial charge in [-0.1, -0.05) is 91.0 Å². The zero-order chi connectivity index (χ0) is 37.0. The minimum Gasteiger partial charge on any atom is -0.480 e. The quantitative estimate of drug-likeness (QED) is 0.0731. The molecule has 13 nitrogen and oxygen atoms in total. The van der Waals surface area contributed by atoms with Crippen molar-refractivity contribution in [1.29, 1.82) is 0 Å². The lowest BCUT2D eigenvalue weighted by Gasteiger charge is -2.39. The van der Waals surface area contributed by atoms with E-state index in [1.807, 2.05) is 66.7 Å². The number of carboxylic acid groups (broad SMARTS) is 1. The van der Waals surface area contributed by atoms with Crippen LogP contribution in [0, 0.1) is 5.92 Å². The number of nitrogens with zero attached hydrogens (tertiary/aromatic N) is 2. The second kappa shape index (κ2) is 18.0. The molecule has 6 atom stereocenters. The molecule has 8 N–H and O–H groups in total. The van der Waals surface area contributed by atoms with E-state index in [4.69, 9.17) is 11.5 Å². The number of guanidine groups is 1. The molecule has 4 amide bonds. The fourth-order valence-corrected chi connectivity index (χ4v) is 7.24. The van der Waals surface area contributed by atoms with Gasteiger partial charge in [0.1, 0.15) is 24.2 Å². The van der Waals surface area contributed by atoms with E-state index in [9.17, 15) is 29.1 Å². The molecule has 13 heteroatoms. The first kappa shape index (κ1) is 37.5. The number of nitrogens with two attached hydrogens (primary N) is 2. The van der Waals surface area contributed by atoms with Crippen LogP contribution < -0.4 is 27.4 Å². The molecule has 0 unspecified atom stereocenters. The number of amides is 4. The second-order valence-electron chi connectivity index (χ2n) is 13.5. The standard InChI is InChI=1S/C39H47N7O6/c40-39(41)42-20-10-17-29(35(48)45-31(38(51)52)22-26-13-6-2-7-14-26)44-36(49)33-24-28(21-25-11-4-1-5-12-25)32-19-18-30(37(50)46(32)33)43-34(47)23-27-15-8-3-9-16-27/h1-9,11-16,28-33H,10,17-24H2,(H,43,47)(H,44,49)(H,45,48)(H,51,52)(H4,40,41,42)/t28-,29+,30+,31+,32+,33+/m1/s1. The Labute approximate surface area is 303 Å². The molecule has 0 bridgehead atoms. The molecule has 5 rings (SSSR count). The van der Waals surface area contributed by atoms with Crippen molar-refractivity contribution in [2.75, 3.05) is 6.54 Å². The highest BCUT2D eigenvalue weighted by molar-refractivity contribution is 5.96. The smallest absolute Gasteiger partial charge is 0.326 e. The topological polar surface area (TPSA) is 209 Å². The number of carbonyl (C=O) groups is 5. The molecule has 0 aliphatic carbocycles. The van der Waals surface area contributed by atoms with Crippen LogP contribution in [0.5, 0.6) is 0 Å². The number of rotatable bonds is 16. The van der Waals surface area contributed by atoms with Gasteiger partial charge in [0.2, 0.25) is 23.6 Å². The highest BCUT2D eigenvalue weighted by atomic mass is 16.4. The third-order valence-corrected chi connectivity index (χ3v) is 9.73. The van der Waals surface area contributed by atoms with E-state index in [1.165, 1.54) is 0 Å². The third kappa shape index (κ3) is 10.2. The summed E-state index contributed by atoms with van der Waals surface area (Å²) in [5.41, 5.74) is 13.6. The predicted octanol–water partition coefficient (Wildman–Crippen LogP) is 1.69. The first-order valence-corrected chi connectivity index (χ1v) is 17.7. The fourth-order valence-electron chi connectivity index (χ4n) is 7.24. The van der Waals surface area contributed by atoms with Crippen LogP contribution in [0.15, 0.2) is 96.0 Å². The highest BCUT2D eigenvalue weighted by Gasteiger charge is 2.51. The van der Waals surface area contributed by atoms with Gasteiger partial charge < -0.3 is 37.4 Å². The van der Waals surface area contributed by atoms with Crippen LogP contribution in [0.1, 0.15) is 48.8 Å². The number of aliphatic imine (C=N–C) groups is 1. The number of nitrogens with one attached hydrogen (secondary N) is 3. The number of benzene rings is 3. The van der Waals surface area contributed by atoms with E-state index in [0.717, 1.165) is 16.7 Å². The maximum absolute atomic E-state index is 14.2. The van der Waals surface area contributed by atoms with Gasteiger partial charge in [-0.15, -0.1) is 0 Å². The van der Waals surface area contributed by atoms with Crippen LogP contribution in [0.3, 0.4) is 0 Å². The minimum atomic E-state index is -1.25. The molecule has 0 saturated carbocycles. The van der Waals surface area contributed by atoms with Crippen LogP contribution in [0.4, 0.5) is 0 Å². The highest BCUT2D eigenvalue weighted by Crippen LogP contribution is 2.39. The molecule has 2 aliphatic rings. The van der Waals surface area contributed by atoms with Crippen molar-refractivity contribution in [2.45, 2.75) is 81.6 Å². The number of hydrogen-bond donors (Lipinski definition) is 6. The number of fused-ring (bicyclic) bond motifs is 1. The van der Waals surface area contributed by atoms with E-state index in [1.54, 1.807) is 29.2 Å². The van der Waals surface area contributed by atoms with Crippen molar-refractivity contribution < 1.29 is 29.1 Å². The summed E-state index contributed by atoms with van der Waals surface area (Å²) in [6, 6.07) is 23.7. The Hall–Kier alpha value is -5.72. The van der Waals surface area contributed by atoms with Crippen molar-refractivity contribution >= 4 is 35.6 Å². The Balaban J connectivity index is 1.34. The summed E-state index contributed by atoms with van der Waals surface area (Å²) in [6.07, 6.45) is 2.62. The van der Waals surface area contributed by atoms with Crippen LogP contribution in [0.2, 0.25) is 0 Å². The van der Waals surface area contributed by atoms with Gasteiger partial charge in [-0.2, -0.15) is 0 Å². The predicted molar refractivity (Wildman–Crippen MR) is 196 cm³/mol. The van der Waals surface area contributed by atoms with Crippen LogP contribution >= 0.6 is 0 Å². The van der Waals surface area contributed by atoms with Gasteiger partial charge >= 0.3 is 5.97 Å². The Kier molecular flexibility index (Phi) is 13.0. The average Bonchev–Trinajstić information content (AvgIpc) is 3.50. The van der Waals surface area contributed by atoms with Crippen molar-refractivity contribution in [3.05, 3.63) is 108 Å². The molecular formula is C39H47N7O6. The Morgan fingerprint density at radius 2 is 1.44 bits per heavy atom. The van der Waals surface area contributed by atoms with Crippen LogP contribution in [-0.4, -0.2) is 82.3 Å². The lowest BCUT2D eigenvalue weighted by molar-refractivity contribution is -0.147. The fraction of sp³-hybridized carbons (Fsp3) is 0.385. The number of carboxylic acids is 1. The molecule has 274 valence electrons. The molecule has 3 aromatic rings. The van der Waals surface area contributed by atoms with Crippen LogP contribution in [-0.2, 0) is 43.2 Å². The molecular weight excluding hydrogens is 662 g/mol. The maximum Gasteiger partial charge on any atom is 0.326 e. The lowest BCUT2D eigenvalue weighted by atomic mass is 9.86. The Morgan fingerprint density at radius 3 is 2.06 bits per heavy atom. The van der Waals surface area contributed by atoms with Crippen molar-refractivity contribution in [2.24, 2.45) is 22.4 Å². The molecule has 0 radical (unpaired) electrons. The molecule has 2 fully saturated rings. The summed E-state index contributed by atoms with van der Waals surface area (Å²) >= 11 is 0. The SMILES string of the molecule is NC(N)=NCCC[C@H](NC(=O)[C@@H]1C[C@@H](Cc2ccccc2)[C@@H]2CC[C@H](NC(=O)Cc3ccccc3)C(=O)N12)C(=O)N[C@@H](Cc1ccccc1)C(=O)O. The number of hydrogen-bond acceptors (Lipinski definition) is 6. The van der Waals surface area contributed by atoms with Crippen molar-refractivity contribution in [1.82, 2.24) is 20.9 Å². The molecule has 2 aliphatic heterocycles. The summed E-state index contributed by atoms with van der Waals surface area (Å²) in [5.74, 6) is -3.20. The van der Waals surface area contributed by atoms with Crippen molar-refractivity contribution in [3.8, 4) is 0 Å². The van der Waals surface area contributed by atoms with Crippen molar-refractivity contribution in [3.63, 3.8) is 0 Å². The Morgan fingerprint density at radius 1 is 0.827 bits per heavy atom. The number of carbonyl (C=O) groups excluding carboxylic acids is 4. The summed E-state index contributed by atoms with van der Waals surface area (Å²) < 4.78 is 0. The van der Waals surface area contributed by atoms with Crippen LogP contribution in [0.25, 0.3) is 0 Å². The van der Waals surface area contributed by atoms with Gasteiger partial charge in [0.15, 0.2) is 5.96 Å². The summed E-state index contributed by atoms with van der Waals surface area (Å²) in [6.45, 7) is 0.188. The summed E-state index contributed by atoms with van der Waals surface area (Å²) in [5, 5.41) is 18.3. The molecule has 2 saturated heterocycles. The van der Waals surface area contributed by atoms with Gasteiger partial charge in [0.05, 0.1) is 6.42 Å². The first-order chi connectivity index (χ1) is 25.1. The third-order valence-electron chi connectivity index (χ3n) is 9.73. The van der Waals surface area contributed by atoms with Gasteiger partial charge in [-0.25, -0.2) is 4.79 Å². The molecule has 0 aromatic heterocycles. The van der Waals surface area contributed by atoms with E-state index < -0.39 is 42.0 Å². The zero-order valence-corrected chi connectivity index (χ0v) is 29.0.